The largest absolute Gasteiger partial charge is 0.324 e. The minimum Gasteiger partial charge on any atom is -0.324 e. The van der Waals surface area contributed by atoms with Crippen molar-refractivity contribution in [1.29, 1.82) is 0 Å². The molecule has 0 aliphatic carbocycles. The second-order valence-electron chi connectivity index (χ2n) is 6.00. The lowest BCUT2D eigenvalue weighted by atomic mass is 10.2. The molecule has 1 amide bonds. The summed E-state index contributed by atoms with van der Waals surface area (Å²) in [6, 6.07) is 9.48. The summed E-state index contributed by atoms with van der Waals surface area (Å²) in [6.07, 6.45) is 4.33. The second-order valence-corrected chi connectivity index (χ2v) is 6.00. The number of anilines is 1. The number of nitrogens with one attached hydrogen (secondary N) is 1. The molecule has 4 aromatic rings. The van der Waals surface area contributed by atoms with Crippen molar-refractivity contribution >= 4 is 22.5 Å². The SMILES string of the molecule is O=C(Cn1cnc2ccc(F)cc2c1=O)Nc1ccc(-n2cccn2)c(F)c1. The van der Waals surface area contributed by atoms with Crippen molar-refractivity contribution in [2.24, 2.45) is 0 Å². The molecule has 28 heavy (non-hydrogen) atoms. The number of benzene rings is 2. The Labute approximate surface area is 156 Å². The zero-order valence-corrected chi connectivity index (χ0v) is 14.3. The van der Waals surface area contributed by atoms with Crippen LogP contribution in [0.1, 0.15) is 0 Å². The Morgan fingerprint density at radius 2 is 2.00 bits per heavy atom. The van der Waals surface area contributed by atoms with Crippen molar-refractivity contribution < 1.29 is 13.6 Å². The number of fused-ring (bicyclic) bond motifs is 1. The number of hydrogen-bond acceptors (Lipinski definition) is 4. The molecule has 1 N–H and O–H groups in total. The van der Waals surface area contributed by atoms with E-state index in [1.807, 2.05) is 0 Å². The van der Waals surface area contributed by atoms with E-state index in [0.29, 0.717) is 5.52 Å². The van der Waals surface area contributed by atoms with Gasteiger partial charge in [0.05, 0.1) is 17.2 Å². The zero-order valence-electron chi connectivity index (χ0n) is 14.3. The summed E-state index contributed by atoms with van der Waals surface area (Å²) < 4.78 is 30.1. The Hall–Kier alpha value is -3.88. The summed E-state index contributed by atoms with van der Waals surface area (Å²) >= 11 is 0. The standard InChI is InChI=1S/C19H13F2N5O2/c20-12-2-4-16-14(8-12)19(28)25(11-22-16)10-18(27)24-13-3-5-17(15(21)9-13)26-7-1-6-23-26/h1-9,11H,10H2,(H,24,27). The summed E-state index contributed by atoms with van der Waals surface area (Å²) in [5.74, 6) is -1.69. The lowest BCUT2D eigenvalue weighted by molar-refractivity contribution is -0.116. The van der Waals surface area contributed by atoms with E-state index in [-0.39, 0.29) is 23.3 Å². The minimum absolute atomic E-state index is 0.0740. The Bertz CT molecular complexity index is 1240. The van der Waals surface area contributed by atoms with Gasteiger partial charge >= 0.3 is 0 Å². The van der Waals surface area contributed by atoms with Crippen LogP contribution in [0.5, 0.6) is 0 Å². The van der Waals surface area contributed by atoms with Crippen molar-refractivity contribution in [2.75, 3.05) is 5.32 Å². The van der Waals surface area contributed by atoms with E-state index in [2.05, 4.69) is 15.4 Å². The van der Waals surface area contributed by atoms with Crippen LogP contribution in [0.15, 0.2) is 66.0 Å². The summed E-state index contributed by atoms with van der Waals surface area (Å²) in [6.45, 7) is -0.346. The van der Waals surface area contributed by atoms with Gasteiger partial charge in [-0.2, -0.15) is 5.10 Å². The molecule has 0 aliphatic rings. The summed E-state index contributed by atoms with van der Waals surface area (Å²) in [5.41, 5.74) is 0.255. The smallest absolute Gasteiger partial charge is 0.261 e. The first-order chi connectivity index (χ1) is 13.5. The summed E-state index contributed by atoms with van der Waals surface area (Å²) in [7, 11) is 0. The van der Waals surface area contributed by atoms with Crippen LogP contribution < -0.4 is 10.9 Å². The molecule has 2 heterocycles. The molecule has 2 aromatic heterocycles. The van der Waals surface area contributed by atoms with E-state index in [4.69, 9.17) is 0 Å². The van der Waals surface area contributed by atoms with Gasteiger partial charge in [0.15, 0.2) is 5.82 Å². The minimum atomic E-state index is -0.568. The van der Waals surface area contributed by atoms with Crippen LogP contribution in [0.4, 0.5) is 14.5 Å². The van der Waals surface area contributed by atoms with Gasteiger partial charge in [0.1, 0.15) is 18.0 Å². The maximum atomic E-state index is 14.3. The van der Waals surface area contributed by atoms with Gasteiger partial charge in [0.2, 0.25) is 5.91 Å². The van der Waals surface area contributed by atoms with E-state index in [9.17, 15) is 18.4 Å². The average Bonchev–Trinajstić information content (AvgIpc) is 3.19. The van der Waals surface area contributed by atoms with Gasteiger partial charge in [-0.25, -0.2) is 18.4 Å². The fourth-order valence-corrected chi connectivity index (χ4v) is 2.78. The first kappa shape index (κ1) is 17.5. The molecule has 0 atom stereocenters. The van der Waals surface area contributed by atoms with E-state index in [1.165, 1.54) is 41.5 Å². The lowest BCUT2D eigenvalue weighted by Crippen LogP contribution is -2.28. The van der Waals surface area contributed by atoms with Gasteiger partial charge in [-0.3, -0.25) is 14.2 Å². The van der Waals surface area contributed by atoms with Crippen LogP contribution >= 0.6 is 0 Å². The van der Waals surface area contributed by atoms with Gasteiger partial charge in [0, 0.05) is 18.1 Å². The van der Waals surface area contributed by atoms with E-state index >= 15 is 0 Å². The van der Waals surface area contributed by atoms with Crippen LogP contribution in [0.25, 0.3) is 16.6 Å². The average molecular weight is 381 g/mol. The molecule has 0 radical (unpaired) electrons. The third kappa shape index (κ3) is 3.37. The van der Waals surface area contributed by atoms with Gasteiger partial charge in [-0.1, -0.05) is 0 Å². The lowest BCUT2D eigenvalue weighted by Gasteiger charge is -2.10. The molecule has 7 nitrogen and oxygen atoms in total. The normalized spacial score (nSPS) is 10.9. The van der Waals surface area contributed by atoms with E-state index in [0.717, 1.165) is 16.7 Å². The van der Waals surface area contributed by atoms with Crippen LogP contribution in [0.3, 0.4) is 0 Å². The number of hydrogen-bond donors (Lipinski definition) is 1. The van der Waals surface area contributed by atoms with Crippen molar-refractivity contribution in [1.82, 2.24) is 19.3 Å². The fraction of sp³-hybridized carbons (Fsp3) is 0.0526. The third-order valence-corrected chi connectivity index (χ3v) is 4.08. The zero-order chi connectivity index (χ0) is 19.7. The second kappa shape index (κ2) is 7.03. The fourth-order valence-electron chi connectivity index (χ4n) is 2.78. The molecule has 0 saturated carbocycles. The molecule has 0 unspecified atom stereocenters. The quantitative estimate of drug-likeness (QED) is 0.589. The number of rotatable bonds is 4. The number of carbonyl (C=O) groups excluding carboxylic acids is 1. The van der Waals surface area contributed by atoms with Crippen LogP contribution in [-0.2, 0) is 11.3 Å². The Balaban J connectivity index is 1.53. The Morgan fingerprint density at radius 3 is 2.75 bits per heavy atom. The highest BCUT2D eigenvalue weighted by molar-refractivity contribution is 5.90. The van der Waals surface area contributed by atoms with Crippen LogP contribution in [-0.4, -0.2) is 25.2 Å². The highest BCUT2D eigenvalue weighted by atomic mass is 19.1. The Morgan fingerprint density at radius 1 is 1.14 bits per heavy atom. The van der Waals surface area contributed by atoms with Gasteiger partial charge in [0.25, 0.3) is 5.56 Å². The summed E-state index contributed by atoms with van der Waals surface area (Å²) in [5, 5.41) is 6.55. The Kier molecular flexibility index (Phi) is 4.40. The molecule has 0 bridgehead atoms. The molecular weight excluding hydrogens is 368 g/mol. The number of halogens is 2. The van der Waals surface area contributed by atoms with Crippen molar-refractivity contribution in [3.63, 3.8) is 0 Å². The molecule has 0 fully saturated rings. The predicted molar refractivity (Wildman–Crippen MR) is 98.1 cm³/mol. The first-order valence-corrected chi connectivity index (χ1v) is 8.25. The number of nitrogens with zero attached hydrogens (tertiary/aromatic N) is 4. The topological polar surface area (TPSA) is 81.8 Å². The van der Waals surface area contributed by atoms with Gasteiger partial charge in [-0.05, 0) is 42.5 Å². The molecule has 4 rings (SSSR count). The van der Waals surface area contributed by atoms with Gasteiger partial charge < -0.3 is 5.32 Å². The molecule has 2 aromatic carbocycles. The summed E-state index contributed by atoms with van der Waals surface area (Å²) in [4.78, 5) is 28.7. The monoisotopic (exact) mass is 381 g/mol. The predicted octanol–water partition coefficient (Wildman–Crippen LogP) is 2.50. The maximum Gasteiger partial charge on any atom is 0.261 e. The number of carbonyl (C=O) groups is 1. The van der Waals surface area contributed by atoms with Crippen LogP contribution in [0, 0.1) is 11.6 Å². The highest BCUT2D eigenvalue weighted by Gasteiger charge is 2.11. The van der Waals surface area contributed by atoms with E-state index < -0.39 is 23.1 Å². The molecule has 140 valence electrons. The van der Waals surface area contributed by atoms with Crippen molar-refractivity contribution in [3.05, 3.63) is 83.2 Å². The molecule has 0 spiro atoms. The highest BCUT2D eigenvalue weighted by Crippen LogP contribution is 2.17. The van der Waals surface area contributed by atoms with Gasteiger partial charge in [-0.15, -0.1) is 0 Å². The van der Waals surface area contributed by atoms with Crippen molar-refractivity contribution in [2.45, 2.75) is 6.54 Å². The maximum absolute atomic E-state index is 14.3. The van der Waals surface area contributed by atoms with Crippen molar-refractivity contribution in [3.8, 4) is 5.69 Å². The van der Waals surface area contributed by atoms with E-state index in [1.54, 1.807) is 12.3 Å². The number of amides is 1. The third-order valence-electron chi connectivity index (χ3n) is 4.08. The van der Waals surface area contributed by atoms with Crippen LogP contribution in [0.2, 0.25) is 0 Å². The molecule has 0 aliphatic heterocycles. The number of aromatic nitrogens is 4. The molecular formula is C19H13F2N5O2. The first-order valence-electron chi connectivity index (χ1n) is 8.25. The molecule has 0 saturated heterocycles. The molecule has 9 heteroatoms.